The lowest BCUT2D eigenvalue weighted by molar-refractivity contribution is -0.119. The van der Waals surface area contributed by atoms with E-state index in [1.165, 1.54) is 4.57 Å². The number of hydrogen-bond acceptors (Lipinski definition) is 6. The van der Waals surface area contributed by atoms with Crippen LogP contribution in [0.15, 0.2) is 58.3 Å². The minimum atomic E-state index is -1.54. The largest absolute Gasteiger partial charge is 0.482 e. The summed E-state index contributed by atoms with van der Waals surface area (Å²) in [4.78, 5) is 45.8. The zero-order chi connectivity index (χ0) is 29.1. The van der Waals surface area contributed by atoms with Gasteiger partial charge in [-0.2, -0.15) is 0 Å². The molecular weight excluding hydrogens is 557 g/mol. The lowest BCUT2D eigenvalue weighted by Gasteiger charge is -2.31. The van der Waals surface area contributed by atoms with E-state index in [0.29, 0.717) is 43.6 Å². The van der Waals surface area contributed by atoms with Crippen molar-refractivity contribution < 1.29 is 22.7 Å². The fourth-order valence-electron chi connectivity index (χ4n) is 5.22. The summed E-state index contributed by atoms with van der Waals surface area (Å²) in [5.41, 5.74) is 0.559. The van der Waals surface area contributed by atoms with Crippen LogP contribution in [0.2, 0.25) is 0 Å². The second-order valence-corrected chi connectivity index (χ2v) is 10.5. The molecule has 5 rings (SSSR count). The summed E-state index contributed by atoms with van der Waals surface area (Å²) in [6.45, 7) is -1.76. The summed E-state index contributed by atoms with van der Waals surface area (Å²) in [5, 5.41) is -0.0429. The second-order valence-electron chi connectivity index (χ2n) is 9.95. The molecule has 0 saturated carbocycles. The Morgan fingerprint density at radius 2 is 1.93 bits per heavy atom. The number of hydrogen-bond donors (Lipinski definition) is 0. The molecule has 0 atom stereocenters. The molecule has 1 aliphatic carbocycles. The van der Waals surface area contributed by atoms with Gasteiger partial charge < -0.3 is 9.64 Å². The molecule has 1 aromatic carbocycles. The minimum Gasteiger partial charge on any atom is -0.482 e. The zero-order valence-electron chi connectivity index (χ0n) is 22.0. The van der Waals surface area contributed by atoms with Crippen molar-refractivity contribution in [1.29, 1.82) is 0 Å². The van der Waals surface area contributed by atoms with Crippen molar-refractivity contribution in [2.45, 2.75) is 38.0 Å². The number of ether oxygens (including phenoxy) is 1. The Labute approximate surface area is 238 Å². The molecule has 12 heteroatoms. The van der Waals surface area contributed by atoms with Crippen LogP contribution in [0.5, 0.6) is 5.75 Å². The van der Waals surface area contributed by atoms with Crippen molar-refractivity contribution in [2.75, 3.05) is 26.4 Å². The van der Waals surface area contributed by atoms with Crippen molar-refractivity contribution in [2.24, 2.45) is 0 Å². The Balaban J connectivity index is 1.68. The van der Waals surface area contributed by atoms with Crippen LogP contribution in [-0.4, -0.2) is 62.8 Å². The number of carbonyl (C=O) groups excluding carboxylic acids is 1. The fourth-order valence-corrected chi connectivity index (χ4v) is 5.44. The summed E-state index contributed by atoms with van der Waals surface area (Å²) in [6, 6.07) is 5.10. The Hall–Kier alpha value is -4.06. The molecule has 1 saturated heterocycles. The third-order valence-corrected chi connectivity index (χ3v) is 7.58. The van der Waals surface area contributed by atoms with Crippen LogP contribution in [0.4, 0.5) is 13.2 Å². The number of nitrogens with zero attached hydrogens (tertiary/aromatic N) is 4. The van der Waals surface area contributed by atoms with Gasteiger partial charge in [0.25, 0.3) is 5.56 Å². The maximum Gasteiger partial charge on any atom is 0.332 e. The molecule has 1 fully saturated rings. The quantitative estimate of drug-likeness (QED) is 0.280. The van der Waals surface area contributed by atoms with Crippen LogP contribution in [0.25, 0.3) is 16.5 Å². The molecule has 3 aromatic rings. The van der Waals surface area contributed by atoms with Crippen molar-refractivity contribution in [3.8, 4) is 5.75 Å². The molecule has 1 aliphatic heterocycles. The van der Waals surface area contributed by atoms with Gasteiger partial charge in [-0.05, 0) is 36.6 Å². The maximum atomic E-state index is 15.1. The predicted octanol–water partition coefficient (Wildman–Crippen LogP) is 3.94. The van der Waals surface area contributed by atoms with E-state index in [4.69, 9.17) is 17.0 Å². The fraction of sp³-hybridized carbons (Fsp3) is 0.345. The third kappa shape index (κ3) is 5.74. The van der Waals surface area contributed by atoms with Gasteiger partial charge in [-0.25, -0.2) is 18.0 Å². The normalized spacial score (nSPS) is 16.0. The third-order valence-electron chi connectivity index (χ3n) is 7.30. The summed E-state index contributed by atoms with van der Waals surface area (Å²) in [6.07, 6.45) is 7.85. The van der Waals surface area contributed by atoms with Gasteiger partial charge in [0, 0.05) is 48.3 Å². The summed E-state index contributed by atoms with van der Waals surface area (Å²) < 4.78 is 49.1. The molecule has 2 aromatic heterocycles. The molecule has 2 aliphatic rings. The number of amides is 1. The van der Waals surface area contributed by atoms with Crippen LogP contribution in [-0.2, 0) is 11.3 Å². The van der Waals surface area contributed by atoms with Gasteiger partial charge in [-0.15, -0.1) is 0 Å². The van der Waals surface area contributed by atoms with Gasteiger partial charge >= 0.3 is 5.69 Å². The first kappa shape index (κ1) is 28.5. The van der Waals surface area contributed by atoms with Gasteiger partial charge in [0.15, 0.2) is 17.7 Å². The van der Waals surface area contributed by atoms with Gasteiger partial charge in [0.05, 0.1) is 23.1 Å². The molecule has 0 bridgehead atoms. The number of alkyl halides is 2. The molecule has 41 heavy (non-hydrogen) atoms. The number of carbonyl (C=O) groups is 1. The highest BCUT2D eigenvalue weighted by Gasteiger charge is 2.26. The first-order valence-electron chi connectivity index (χ1n) is 13.2. The number of benzene rings is 1. The first-order chi connectivity index (χ1) is 19.8. The van der Waals surface area contributed by atoms with Crippen LogP contribution in [0, 0.1) is 5.82 Å². The summed E-state index contributed by atoms with van der Waals surface area (Å²) in [7, 11) is 0. The van der Waals surface area contributed by atoms with Crippen LogP contribution in [0.3, 0.4) is 0 Å². The highest BCUT2D eigenvalue weighted by atomic mass is 32.1. The molecule has 8 nitrogen and oxygen atoms in total. The van der Waals surface area contributed by atoms with Crippen LogP contribution >= 0.6 is 12.2 Å². The highest BCUT2D eigenvalue weighted by molar-refractivity contribution is 7.80. The van der Waals surface area contributed by atoms with E-state index in [-0.39, 0.29) is 17.4 Å². The number of pyridine rings is 1. The topological polar surface area (TPSA) is 86.4 Å². The van der Waals surface area contributed by atoms with E-state index in [1.807, 2.05) is 18.2 Å². The molecular formula is C29H27F3N4O4S. The van der Waals surface area contributed by atoms with E-state index >= 15 is 4.39 Å². The molecule has 1 amide bonds. The molecule has 0 spiro atoms. The zero-order valence-corrected chi connectivity index (χ0v) is 22.8. The number of halogens is 3. The van der Waals surface area contributed by atoms with E-state index in [9.17, 15) is 23.2 Å². The standard InChI is InChI=1S/C29H27F3N4O4S/c30-14-21(15-31)40-26-12-23-25(13-24(26)32)36(20-6-9-34(17-37)10-7-20)29(39)35(28(23)38)16-19-4-2-8-33-27(19)18-3-1-5-22(41)11-18/h1-4,8,11-13,17,20-21H,5-7,9-10,14-16H2. The average Bonchev–Trinajstić information content (AvgIpc) is 2.99. The molecule has 3 heterocycles. The number of piperidine rings is 1. The molecule has 214 valence electrons. The summed E-state index contributed by atoms with van der Waals surface area (Å²) in [5.74, 6) is -1.45. The Morgan fingerprint density at radius 3 is 2.61 bits per heavy atom. The number of likely N-dealkylation sites (tertiary alicyclic amines) is 1. The van der Waals surface area contributed by atoms with E-state index in [1.54, 1.807) is 23.2 Å². The summed E-state index contributed by atoms with van der Waals surface area (Å²) >= 11 is 5.35. The molecule has 0 unspecified atom stereocenters. The van der Waals surface area contributed by atoms with Crippen molar-refractivity contribution in [1.82, 2.24) is 19.0 Å². The number of aromatic nitrogens is 3. The van der Waals surface area contributed by atoms with E-state index in [2.05, 4.69) is 4.98 Å². The highest BCUT2D eigenvalue weighted by Crippen LogP contribution is 2.29. The smallest absolute Gasteiger partial charge is 0.332 e. The molecule has 0 N–H and O–H groups in total. The monoisotopic (exact) mass is 584 g/mol. The Bertz CT molecular complexity index is 1670. The lowest BCUT2D eigenvalue weighted by Crippen LogP contribution is -2.44. The predicted molar refractivity (Wildman–Crippen MR) is 152 cm³/mol. The lowest BCUT2D eigenvalue weighted by atomic mass is 10.00. The van der Waals surface area contributed by atoms with Crippen LogP contribution in [0.1, 0.15) is 36.6 Å². The van der Waals surface area contributed by atoms with Gasteiger partial charge in [-0.1, -0.05) is 30.4 Å². The molecule has 0 radical (unpaired) electrons. The minimum absolute atomic E-state index is 0.0392. The SMILES string of the molecule is O=CN1CCC(n2c(=O)n(Cc3cccnc3C3=CC(=S)CC=C3)c(=O)c3cc(OC(CF)CF)c(F)cc32)CC1. The maximum absolute atomic E-state index is 15.1. The Morgan fingerprint density at radius 1 is 1.17 bits per heavy atom. The van der Waals surface area contributed by atoms with E-state index < -0.39 is 48.3 Å². The van der Waals surface area contributed by atoms with Crippen molar-refractivity contribution in [3.05, 3.63) is 86.6 Å². The van der Waals surface area contributed by atoms with Crippen molar-refractivity contribution >= 4 is 40.0 Å². The Kier molecular flexibility index (Phi) is 8.48. The second kappa shape index (κ2) is 12.2. The average molecular weight is 585 g/mol. The van der Waals surface area contributed by atoms with Gasteiger partial charge in [0.1, 0.15) is 13.3 Å². The van der Waals surface area contributed by atoms with Gasteiger partial charge in [0.2, 0.25) is 6.41 Å². The number of fused-ring (bicyclic) bond motifs is 1. The van der Waals surface area contributed by atoms with Crippen LogP contribution < -0.4 is 16.0 Å². The van der Waals surface area contributed by atoms with Gasteiger partial charge in [-0.3, -0.25) is 23.7 Å². The number of rotatable bonds is 9. The van der Waals surface area contributed by atoms with E-state index in [0.717, 1.165) is 33.5 Å². The first-order valence-corrected chi connectivity index (χ1v) is 13.6. The number of allylic oxidation sites excluding steroid dienone is 4. The number of thiocarbonyl (C=S) groups is 1. The van der Waals surface area contributed by atoms with Crippen molar-refractivity contribution in [3.63, 3.8) is 0 Å².